The fraction of sp³-hybridized carbons (Fsp3) is 1.00. The van der Waals surface area contributed by atoms with E-state index >= 15 is 0 Å². The molecule has 0 aliphatic heterocycles. The number of aliphatic hydroxyl groups excluding tert-OH is 1. The number of hydrogen-bond donors (Lipinski definition) is 2. The van der Waals surface area contributed by atoms with Gasteiger partial charge in [-0.15, -0.1) is 0 Å². The summed E-state index contributed by atoms with van der Waals surface area (Å²) in [6.07, 6.45) is 0.968. The molecule has 0 aliphatic rings. The Bertz CT molecular complexity index is 134. The second-order valence-corrected chi connectivity index (χ2v) is 4.40. The maximum atomic E-state index is 8.46. The van der Waals surface area contributed by atoms with E-state index in [2.05, 4.69) is 26.1 Å². The number of nitrogens with one attached hydrogen (secondary N) is 1. The molecule has 0 amide bonds. The minimum atomic E-state index is -0.0497. The third kappa shape index (κ3) is 13.8. The highest BCUT2D eigenvalue weighted by molar-refractivity contribution is 4.59. The zero-order chi connectivity index (χ0) is 11.6. The smallest absolute Gasteiger partial charge is 0.0697 e. The van der Waals surface area contributed by atoms with E-state index in [0.717, 1.165) is 26.1 Å². The first-order valence-corrected chi connectivity index (χ1v) is 5.59. The number of rotatable bonds is 9. The molecule has 4 heteroatoms. The van der Waals surface area contributed by atoms with Crippen LogP contribution < -0.4 is 5.32 Å². The molecule has 92 valence electrons. The van der Waals surface area contributed by atoms with Gasteiger partial charge in [0, 0.05) is 13.2 Å². The SMILES string of the molecule is CC(C)(C)OCCNCCCOCCO. The molecule has 0 heterocycles. The lowest BCUT2D eigenvalue weighted by Crippen LogP contribution is -2.27. The van der Waals surface area contributed by atoms with Crippen LogP contribution in [0, 0.1) is 0 Å². The Morgan fingerprint density at radius 3 is 2.40 bits per heavy atom. The predicted octanol–water partition coefficient (Wildman–Crippen LogP) is 0.790. The topological polar surface area (TPSA) is 50.7 Å². The number of ether oxygens (including phenoxy) is 2. The van der Waals surface area contributed by atoms with Crippen molar-refractivity contribution in [2.24, 2.45) is 0 Å². The van der Waals surface area contributed by atoms with Crippen molar-refractivity contribution in [1.29, 1.82) is 0 Å². The summed E-state index contributed by atoms with van der Waals surface area (Å²) >= 11 is 0. The average Bonchev–Trinajstić information content (AvgIpc) is 2.14. The molecule has 4 nitrogen and oxygen atoms in total. The molecule has 0 radical (unpaired) electrons. The fourth-order valence-electron chi connectivity index (χ4n) is 1.02. The fourth-order valence-corrected chi connectivity index (χ4v) is 1.02. The lowest BCUT2D eigenvalue weighted by atomic mass is 10.2. The van der Waals surface area contributed by atoms with Crippen LogP contribution in [0.4, 0.5) is 0 Å². The molecule has 2 N–H and O–H groups in total. The Balaban J connectivity index is 2.99. The lowest BCUT2D eigenvalue weighted by molar-refractivity contribution is -0.000947. The molecule has 15 heavy (non-hydrogen) atoms. The van der Waals surface area contributed by atoms with Gasteiger partial charge in [-0.05, 0) is 33.7 Å². The van der Waals surface area contributed by atoms with Crippen LogP contribution in [0.5, 0.6) is 0 Å². The van der Waals surface area contributed by atoms with E-state index in [0.29, 0.717) is 13.2 Å². The third-order valence-electron chi connectivity index (χ3n) is 1.69. The second-order valence-electron chi connectivity index (χ2n) is 4.40. The quantitative estimate of drug-likeness (QED) is 0.563. The molecule has 0 aromatic carbocycles. The minimum absolute atomic E-state index is 0.0497. The van der Waals surface area contributed by atoms with Crippen LogP contribution in [0.15, 0.2) is 0 Å². The van der Waals surface area contributed by atoms with E-state index < -0.39 is 0 Å². The van der Waals surface area contributed by atoms with Gasteiger partial charge in [0.15, 0.2) is 0 Å². The Labute approximate surface area is 93.0 Å². The van der Waals surface area contributed by atoms with Gasteiger partial charge >= 0.3 is 0 Å². The van der Waals surface area contributed by atoms with Gasteiger partial charge in [-0.3, -0.25) is 0 Å². The van der Waals surface area contributed by atoms with Crippen molar-refractivity contribution in [1.82, 2.24) is 5.32 Å². The van der Waals surface area contributed by atoms with Gasteiger partial charge in [0.1, 0.15) is 0 Å². The highest BCUT2D eigenvalue weighted by atomic mass is 16.5. The standard InChI is InChI=1S/C11H25NO3/c1-11(2,3)15-9-6-12-5-4-8-14-10-7-13/h12-13H,4-10H2,1-3H3. The molecule has 0 aromatic rings. The van der Waals surface area contributed by atoms with E-state index in [9.17, 15) is 0 Å². The van der Waals surface area contributed by atoms with E-state index in [4.69, 9.17) is 14.6 Å². The van der Waals surface area contributed by atoms with E-state index in [1.54, 1.807) is 0 Å². The molecule has 0 bridgehead atoms. The van der Waals surface area contributed by atoms with Crippen LogP contribution in [0.25, 0.3) is 0 Å². The first-order chi connectivity index (χ1) is 7.06. The molecule has 0 rings (SSSR count). The van der Waals surface area contributed by atoms with Crippen molar-refractivity contribution in [3.8, 4) is 0 Å². The highest BCUT2D eigenvalue weighted by Crippen LogP contribution is 2.04. The zero-order valence-electron chi connectivity index (χ0n) is 10.2. The molecule has 0 fully saturated rings. The Morgan fingerprint density at radius 2 is 1.80 bits per heavy atom. The molecule has 0 unspecified atom stereocenters. The summed E-state index contributed by atoms with van der Waals surface area (Å²) < 4.78 is 10.7. The Kier molecular flexibility index (Phi) is 9.00. The van der Waals surface area contributed by atoms with Gasteiger partial charge in [0.25, 0.3) is 0 Å². The Hall–Kier alpha value is -0.160. The molecule has 0 spiro atoms. The third-order valence-corrected chi connectivity index (χ3v) is 1.69. The summed E-state index contributed by atoms with van der Waals surface area (Å²) in [4.78, 5) is 0. The highest BCUT2D eigenvalue weighted by Gasteiger charge is 2.08. The van der Waals surface area contributed by atoms with Crippen LogP contribution in [0.3, 0.4) is 0 Å². The van der Waals surface area contributed by atoms with Crippen LogP contribution in [-0.2, 0) is 9.47 Å². The van der Waals surface area contributed by atoms with Crippen molar-refractivity contribution in [2.45, 2.75) is 32.8 Å². The average molecular weight is 219 g/mol. The summed E-state index contributed by atoms with van der Waals surface area (Å²) in [5.41, 5.74) is -0.0497. The molecule has 0 aromatic heterocycles. The van der Waals surface area contributed by atoms with Gasteiger partial charge in [-0.25, -0.2) is 0 Å². The van der Waals surface area contributed by atoms with E-state index in [1.807, 2.05) is 0 Å². The molecular weight excluding hydrogens is 194 g/mol. The van der Waals surface area contributed by atoms with Gasteiger partial charge < -0.3 is 19.9 Å². The monoisotopic (exact) mass is 219 g/mol. The van der Waals surface area contributed by atoms with E-state index in [-0.39, 0.29) is 12.2 Å². The van der Waals surface area contributed by atoms with Crippen LogP contribution in [-0.4, -0.2) is 50.2 Å². The normalized spacial score (nSPS) is 12.0. The van der Waals surface area contributed by atoms with Gasteiger partial charge in [-0.2, -0.15) is 0 Å². The minimum Gasteiger partial charge on any atom is -0.394 e. The van der Waals surface area contributed by atoms with Crippen molar-refractivity contribution in [3.63, 3.8) is 0 Å². The maximum absolute atomic E-state index is 8.46. The molecule has 0 saturated heterocycles. The maximum Gasteiger partial charge on any atom is 0.0697 e. The number of aliphatic hydroxyl groups is 1. The summed E-state index contributed by atoms with van der Waals surface area (Å²) in [5, 5.41) is 11.7. The molecule has 0 aliphatic carbocycles. The lowest BCUT2D eigenvalue weighted by Gasteiger charge is -2.19. The summed E-state index contributed by atoms with van der Waals surface area (Å²) in [6.45, 7) is 9.94. The largest absolute Gasteiger partial charge is 0.394 e. The number of hydrogen-bond acceptors (Lipinski definition) is 4. The summed E-state index contributed by atoms with van der Waals surface area (Å²) in [5.74, 6) is 0. The van der Waals surface area contributed by atoms with Gasteiger partial charge in [0.2, 0.25) is 0 Å². The van der Waals surface area contributed by atoms with Crippen LogP contribution in [0.2, 0.25) is 0 Å². The predicted molar refractivity (Wildman–Crippen MR) is 61.1 cm³/mol. The summed E-state index contributed by atoms with van der Waals surface area (Å²) in [7, 11) is 0. The first-order valence-electron chi connectivity index (χ1n) is 5.59. The van der Waals surface area contributed by atoms with Crippen LogP contribution >= 0.6 is 0 Å². The first kappa shape index (κ1) is 14.8. The Morgan fingerprint density at radius 1 is 1.07 bits per heavy atom. The van der Waals surface area contributed by atoms with Crippen molar-refractivity contribution < 1.29 is 14.6 Å². The second kappa shape index (κ2) is 9.09. The van der Waals surface area contributed by atoms with Crippen molar-refractivity contribution in [3.05, 3.63) is 0 Å². The molecule has 0 atom stereocenters. The van der Waals surface area contributed by atoms with Crippen LogP contribution in [0.1, 0.15) is 27.2 Å². The molecular formula is C11H25NO3. The van der Waals surface area contributed by atoms with Crippen molar-refractivity contribution >= 4 is 0 Å². The zero-order valence-corrected chi connectivity index (χ0v) is 10.2. The molecule has 0 saturated carbocycles. The van der Waals surface area contributed by atoms with Crippen molar-refractivity contribution in [2.75, 3.05) is 39.5 Å². The van der Waals surface area contributed by atoms with E-state index in [1.165, 1.54) is 0 Å². The summed E-state index contributed by atoms with van der Waals surface area (Å²) in [6, 6.07) is 0. The van der Waals surface area contributed by atoms with Gasteiger partial charge in [-0.1, -0.05) is 0 Å². The van der Waals surface area contributed by atoms with Gasteiger partial charge in [0.05, 0.1) is 25.4 Å².